The molecule has 34 heavy (non-hydrogen) atoms. The Hall–Kier alpha value is -3.95. The van der Waals surface area contributed by atoms with Crippen molar-refractivity contribution in [2.75, 3.05) is 24.4 Å². The van der Waals surface area contributed by atoms with Gasteiger partial charge in [-0.05, 0) is 29.1 Å². The zero-order chi connectivity index (χ0) is 23.9. The first-order valence-electron chi connectivity index (χ1n) is 10.2. The van der Waals surface area contributed by atoms with Gasteiger partial charge in [-0.25, -0.2) is 4.79 Å². The Morgan fingerprint density at radius 2 is 1.65 bits per heavy atom. The number of hydrogen-bond acceptors (Lipinski definition) is 7. The van der Waals surface area contributed by atoms with Crippen LogP contribution in [0.3, 0.4) is 0 Å². The number of para-hydroxylation sites is 2. The van der Waals surface area contributed by atoms with E-state index in [2.05, 4.69) is 10.6 Å². The van der Waals surface area contributed by atoms with Crippen LogP contribution in [0.2, 0.25) is 0 Å². The third-order valence-electron chi connectivity index (χ3n) is 4.77. The van der Waals surface area contributed by atoms with Crippen LogP contribution in [0, 0.1) is 0 Å². The number of thiophene rings is 2. The summed E-state index contributed by atoms with van der Waals surface area (Å²) in [4.78, 5) is 38.6. The van der Waals surface area contributed by atoms with Crippen molar-refractivity contribution in [3.63, 3.8) is 0 Å². The molecule has 2 heterocycles. The van der Waals surface area contributed by atoms with Gasteiger partial charge < -0.3 is 20.1 Å². The Balaban J connectivity index is 1.53. The van der Waals surface area contributed by atoms with E-state index in [0.29, 0.717) is 26.9 Å². The number of esters is 1. The highest BCUT2D eigenvalue weighted by Gasteiger charge is 2.24. The largest absolute Gasteiger partial charge is 0.495 e. The molecule has 0 atom stereocenters. The maximum Gasteiger partial charge on any atom is 0.342 e. The van der Waals surface area contributed by atoms with Crippen molar-refractivity contribution in [3.8, 4) is 16.9 Å². The Kier molecular flexibility index (Phi) is 7.36. The fraction of sp³-hybridized carbons (Fsp3) is 0.0800. The van der Waals surface area contributed by atoms with Crippen molar-refractivity contribution < 1.29 is 23.9 Å². The second kappa shape index (κ2) is 10.8. The molecule has 0 bridgehead atoms. The van der Waals surface area contributed by atoms with Crippen molar-refractivity contribution in [1.82, 2.24) is 0 Å². The molecule has 0 spiro atoms. The number of amides is 2. The van der Waals surface area contributed by atoms with E-state index in [-0.39, 0.29) is 11.5 Å². The molecule has 2 amide bonds. The number of anilines is 2. The summed E-state index contributed by atoms with van der Waals surface area (Å²) < 4.78 is 10.6. The van der Waals surface area contributed by atoms with Gasteiger partial charge in [-0.15, -0.1) is 22.7 Å². The average Bonchev–Trinajstić information content (AvgIpc) is 3.54. The Morgan fingerprint density at radius 1 is 0.882 bits per heavy atom. The lowest BCUT2D eigenvalue weighted by Gasteiger charge is -2.11. The lowest BCUT2D eigenvalue weighted by molar-refractivity contribution is -0.119. The molecule has 172 valence electrons. The van der Waals surface area contributed by atoms with E-state index < -0.39 is 18.5 Å². The Morgan fingerprint density at radius 3 is 2.38 bits per heavy atom. The van der Waals surface area contributed by atoms with Crippen LogP contribution in [-0.2, 0) is 9.53 Å². The highest BCUT2D eigenvalue weighted by atomic mass is 32.1. The van der Waals surface area contributed by atoms with Crippen LogP contribution in [0.5, 0.6) is 5.75 Å². The quantitative estimate of drug-likeness (QED) is 0.315. The van der Waals surface area contributed by atoms with Crippen molar-refractivity contribution in [1.29, 1.82) is 0 Å². The van der Waals surface area contributed by atoms with E-state index in [1.165, 1.54) is 29.8 Å². The number of carbonyl (C=O) groups excluding carboxylic acids is 3. The van der Waals surface area contributed by atoms with Crippen LogP contribution in [0.1, 0.15) is 20.0 Å². The van der Waals surface area contributed by atoms with E-state index in [1.54, 1.807) is 47.2 Å². The highest BCUT2D eigenvalue weighted by Crippen LogP contribution is 2.36. The molecule has 0 aliphatic rings. The topological polar surface area (TPSA) is 93.7 Å². The fourth-order valence-corrected chi connectivity index (χ4v) is 4.76. The van der Waals surface area contributed by atoms with E-state index in [0.717, 1.165) is 5.56 Å². The van der Waals surface area contributed by atoms with Crippen molar-refractivity contribution in [2.24, 2.45) is 0 Å². The summed E-state index contributed by atoms with van der Waals surface area (Å²) in [7, 11) is 1.50. The van der Waals surface area contributed by atoms with Gasteiger partial charge >= 0.3 is 5.97 Å². The van der Waals surface area contributed by atoms with Gasteiger partial charge in [0.1, 0.15) is 16.3 Å². The Labute approximate surface area is 204 Å². The zero-order valence-electron chi connectivity index (χ0n) is 18.1. The van der Waals surface area contributed by atoms with Crippen molar-refractivity contribution in [2.45, 2.75) is 0 Å². The normalized spacial score (nSPS) is 10.4. The number of rotatable bonds is 8. The summed E-state index contributed by atoms with van der Waals surface area (Å²) in [5, 5.41) is 9.40. The third kappa shape index (κ3) is 5.33. The van der Waals surface area contributed by atoms with Crippen molar-refractivity contribution in [3.05, 3.63) is 87.9 Å². The van der Waals surface area contributed by atoms with Crippen LogP contribution in [-0.4, -0.2) is 31.5 Å². The molecule has 0 aliphatic carbocycles. The summed E-state index contributed by atoms with van der Waals surface area (Å²) >= 11 is 2.52. The first kappa shape index (κ1) is 23.2. The first-order chi connectivity index (χ1) is 16.6. The number of benzene rings is 2. The minimum atomic E-state index is -0.711. The summed E-state index contributed by atoms with van der Waals surface area (Å²) in [6.45, 7) is -0.501. The van der Waals surface area contributed by atoms with Crippen LogP contribution < -0.4 is 15.4 Å². The summed E-state index contributed by atoms with van der Waals surface area (Å²) in [6.07, 6.45) is 0. The van der Waals surface area contributed by atoms with Gasteiger partial charge in [0, 0.05) is 10.9 Å². The molecular formula is C25H20N2O5S2. The van der Waals surface area contributed by atoms with Crippen LogP contribution in [0.4, 0.5) is 10.7 Å². The molecule has 0 unspecified atom stereocenters. The molecule has 0 saturated heterocycles. The molecule has 7 nitrogen and oxygen atoms in total. The fourth-order valence-electron chi connectivity index (χ4n) is 3.19. The SMILES string of the molecule is COc1ccccc1NC(=O)COC(=O)c1c(-c2ccccc2)csc1NC(=O)c1cccs1. The summed E-state index contributed by atoms with van der Waals surface area (Å²) in [5.74, 6) is -1.06. The number of ether oxygens (including phenoxy) is 2. The molecule has 4 rings (SSSR count). The second-order valence-electron chi connectivity index (χ2n) is 6.98. The molecule has 0 radical (unpaired) electrons. The summed E-state index contributed by atoms with van der Waals surface area (Å²) in [6, 6.07) is 19.7. The number of nitrogens with one attached hydrogen (secondary N) is 2. The van der Waals surface area contributed by atoms with E-state index in [4.69, 9.17) is 9.47 Å². The average molecular weight is 493 g/mol. The molecule has 0 fully saturated rings. The van der Waals surface area contributed by atoms with Gasteiger partial charge in [0.05, 0.1) is 17.7 Å². The number of hydrogen-bond donors (Lipinski definition) is 2. The maximum absolute atomic E-state index is 13.1. The van der Waals surface area contributed by atoms with Gasteiger partial charge in [0.15, 0.2) is 6.61 Å². The molecule has 9 heteroatoms. The van der Waals surface area contributed by atoms with Gasteiger partial charge in [-0.2, -0.15) is 0 Å². The molecule has 2 aromatic heterocycles. The monoisotopic (exact) mass is 492 g/mol. The van der Waals surface area contributed by atoms with E-state index >= 15 is 0 Å². The molecule has 2 N–H and O–H groups in total. The van der Waals surface area contributed by atoms with Gasteiger partial charge in [-0.3, -0.25) is 9.59 Å². The molecule has 0 aliphatic heterocycles. The van der Waals surface area contributed by atoms with E-state index in [1.807, 2.05) is 30.3 Å². The third-order valence-corrected chi connectivity index (χ3v) is 6.53. The Bertz CT molecular complexity index is 1300. The lowest BCUT2D eigenvalue weighted by Crippen LogP contribution is -2.22. The highest BCUT2D eigenvalue weighted by molar-refractivity contribution is 7.15. The van der Waals surface area contributed by atoms with Gasteiger partial charge in [-0.1, -0.05) is 48.5 Å². The van der Waals surface area contributed by atoms with Crippen LogP contribution in [0.15, 0.2) is 77.5 Å². The smallest absolute Gasteiger partial charge is 0.342 e. The summed E-state index contributed by atoms with van der Waals surface area (Å²) in [5.41, 5.74) is 2.07. The minimum absolute atomic E-state index is 0.200. The van der Waals surface area contributed by atoms with Gasteiger partial charge in [0.2, 0.25) is 0 Å². The standard InChI is InChI=1S/C25H20N2O5S2/c1-31-19-11-6-5-10-18(19)26-21(28)14-32-25(30)22-17(16-8-3-2-4-9-16)15-34-24(22)27-23(29)20-12-7-13-33-20/h2-13,15H,14H2,1H3,(H,26,28)(H,27,29). The molecule has 4 aromatic rings. The number of methoxy groups -OCH3 is 1. The zero-order valence-corrected chi connectivity index (χ0v) is 19.7. The van der Waals surface area contributed by atoms with Crippen molar-refractivity contribution >= 4 is 51.1 Å². The molecular weight excluding hydrogens is 472 g/mol. The maximum atomic E-state index is 13.1. The predicted molar refractivity (Wildman–Crippen MR) is 134 cm³/mol. The van der Waals surface area contributed by atoms with Gasteiger partial charge in [0.25, 0.3) is 11.8 Å². The molecule has 0 saturated carbocycles. The number of carbonyl (C=O) groups is 3. The van der Waals surface area contributed by atoms with E-state index in [9.17, 15) is 14.4 Å². The molecule has 2 aromatic carbocycles. The van der Waals surface area contributed by atoms with Crippen LogP contribution >= 0.6 is 22.7 Å². The minimum Gasteiger partial charge on any atom is -0.495 e. The predicted octanol–water partition coefficient (Wildman–Crippen LogP) is 5.53. The van der Waals surface area contributed by atoms with Crippen LogP contribution in [0.25, 0.3) is 11.1 Å². The first-order valence-corrected chi connectivity index (χ1v) is 11.9. The second-order valence-corrected chi connectivity index (χ2v) is 8.80. The lowest BCUT2D eigenvalue weighted by atomic mass is 10.0.